The zero-order valence-corrected chi connectivity index (χ0v) is 22.5. The van der Waals surface area contributed by atoms with Gasteiger partial charge < -0.3 is 20.1 Å². The summed E-state index contributed by atoms with van der Waals surface area (Å²) in [4.78, 5) is 24.7. The lowest BCUT2D eigenvalue weighted by Crippen LogP contribution is -2.56. The van der Waals surface area contributed by atoms with E-state index in [9.17, 15) is 9.59 Å². The molecule has 0 radical (unpaired) electrons. The summed E-state index contributed by atoms with van der Waals surface area (Å²) in [5, 5.41) is 7.34. The molecule has 2 saturated heterocycles. The Morgan fingerprint density at radius 1 is 0.727 bits per heavy atom. The van der Waals surface area contributed by atoms with Crippen molar-refractivity contribution < 1.29 is 19.1 Å². The number of nitrogens with one attached hydrogen (secondary N) is 2. The van der Waals surface area contributed by atoms with Crippen molar-refractivity contribution in [3.05, 3.63) is 0 Å². The Hall–Kier alpha value is -1.14. The van der Waals surface area contributed by atoms with E-state index in [0.717, 1.165) is 44.9 Å². The Morgan fingerprint density at radius 2 is 1.09 bits per heavy atom. The second-order valence-corrected chi connectivity index (χ2v) is 12.4. The molecule has 2 aliphatic heterocycles. The number of rotatable bonds is 10. The Balaban J connectivity index is 1.64. The van der Waals surface area contributed by atoms with Crippen molar-refractivity contribution in [2.45, 2.75) is 149 Å². The SMILES string of the molecule is CC(C)C1CC(OC(=O)CCCCCC(=O)OC2CC(C(C)C)NC(C)(C)C2)CC(C)(C)N1. The largest absolute Gasteiger partial charge is 0.462 e. The van der Waals surface area contributed by atoms with E-state index in [1.54, 1.807) is 0 Å². The molecule has 0 bridgehead atoms. The van der Waals surface area contributed by atoms with Crippen LogP contribution in [0.4, 0.5) is 0 Å². The minimum atomic E-state index is -0.112. The van der Waals surface area contributed by atoms with Crippen LogP contribution in [0, 0.1) is 11.8 Å². The second kappa shape index (κ2) is 12.0. The van der Waals surface area contributed by atoms with Gasteiger partial charge in [-0.25, -0.2) is 0 Å². The number of hydrogen-bond acceptors (Lipinski definition) is 6. The number of hydrogen-bond donors (Lipinski definition) is 2. The minimum absolute atomic E-state index is 0.0139. The highest BCUT2D eigenvalue weighted by Gasteiger charge is 2.37. The molecule has 0 saturated carbocycles. The predicted molar refractivity (Wildman–Crippen MR) is 133 cm³/mol. The molecule has 2 aliphatic rings. The summed E-state index contributed by atoms with van der Waals surface area (Å²) in [6, 6.07) is 0.748. The maximum Gasteiger partial charge on any atom is 0.306 e. The van der Waals surface area contributed by atoms with Crippen LogP contribution in [0.25, 0.3) is 0 Å². The van der Waals surface area contributed by atoms with Crippen molar-refractivity contribution in [3.63, 3.8) is 0 Å². The first kappa shape index (κ1) is 28.1. The fourth-order valence-electron chi connectivity index (χ4n) is 5.37. The van der Waals surface area contributed by atoms with Gasteiger partial charge in [0, 0.05) is 61.7 Å². The average Bonchev–Trinajstić information content (AvgIpc) is 2.64. The van der Waals surface area contributed by atoms with Gasteiger partial charge in [-0.2, -0.15) is 0 Å². The van der Waals surface area contributed by atoms with E-state index in [-0.39, 0.29) is 35.2 Å². The second-order valence-electron chi connectivity index (χ2n) is 12.4. The van der Waals surface area contributed by atoms with E-state index in [2.05, 4.69) is 66.0 Å². The van der Waals surface area contributed by atoms with Crippen LogP contribution >= 0.6 is 0 Å². The van der Waals surface area contributed by atoms with E-state index in [4.69, 9.17) is 9.47 Å². The molecular weight excluding hydrogens is 416 g/mol. The predicted octanol–water partition coefficient (Wildman–Crippen LogP) is 5.13. The maximum absolute atomic E-state index is 12.4. The van der Waals surface area contributed by atoms with Gasteiger partial charge in [0.2, 0.25) is 0 Å². The molecule has 0 aromatic heterocycles. The van der Waals surface area contributed by atoms with Gasteiger partial charge in [0.05, 0.1) is 0 Å². The zero-order chi connectivity index (χ0) is 24.8. The number of carbonyl (C=O) groups is 2. The number of esters is 2. The van der Waals surface area contributed by atoms with Crippen molar-refractivity contribution in [3.8, 4) is 0 Å². The van der Waals surface area contributed by atoms with Crippen molar-refractivity contribution >= 4 is 11.9 Å². The third-order valence-corrected chi connectivity index (χ3v) is 7.13. The van der Waals surface area contributed by atoms with Crippen LogP contribution in [0.1, 0.15) is 113 Å². The molecule has 4 atom stereocenters. The van der Waals surface area contributed by atoms with E-state index in [1.165, 1.54) is 0 Å². The summed E-state index contributed by atoms with van der Waals surface area (Å²) in [6.45, 7) is 17.5. The van der Waals surface area contributed by atoms with Crippen molar-refractivity contribution in [1.82, 2.24) is 10.6 Å². The van der Waals surface area contributed by atoms with Crippen LogP contribution in [0.15, 0.2) is 0 Å². The Kier molecular flexibility index (Phi) is 10.2. The number of carbonyl (C=O) groups excluding carboxylic acids is 2. The van der Waals surface area contributed by atoms with Gasteiger partial charge >= 0.3 is 11.9 Å². The van der Waals surface area contributed by atoms with Gasteiger partial charge in [-0.05, 0) is 52.4 Å². The molecule has 2 rings (SSSR count). The van der Waals surface area contributed by atoms with E-state index in [0.29, 0.717) is 36.8 Å². The lowest BCUT2D eigenvalue weighted by atomic mass is 9.83. The highest BCUT2D eigenvalue weighted by atomic mass is 16.5. The molecule has 0 spiro atoms. The normalized spacial score (nSPS) is 29.2. The van der Waals surface area contributed by atoms with Crippen LogP contribution in [-0.2, 0) is 19.1 Å². The molecule has 0 aromatic rings. The molecule has 4 unspecified atom stereocenters. The summed E-state index contributed by atoms with van der Waals surface area (Å²) in [7, 11) is 0. The smallest absolute Gasteiger partial charge is 0.306 e. The summed E-state index contributed by atoms with van der Waals surface area (Å²) in [5.74, 6) is 0.800. The topological polar surface area (TPSA) is 76.7 Å². The molecule has 0 aromatic carbocycles. The first-order valence-corrected chi connectivity index (χ1v) is 13.2. The monoisotopic (exact) mass is 466 g/mol. The molecule has 6 heteroatoms. The first-order chi connectivity index (χ1) is 15.3. The molecule has 33 heavy (non-hydrogen) atoms. The fraction of sp³-hybridized carbons (Fsp3) is 0.926. The molecule has 2 heterocycles. The number of piperidine rings is 2. The standard InChI is InChI=1S/C27H50N2O4/c1-18(2)22-14-20(16-26(5,6)28-22)32-24(30)12-10-9-11-13-25(31)33-21-15-23(19(3)4)29-27(7,8)17-21/h18-23,28-29H,9-17H2,1-8H3. The first-order valence-electron chi connectivity index (χ1n) is 13.2. The fourth-order valence-corrected chi connectivity index (χ4v) is 5.37. The van der Waals surface area contributed by atoms with Crippen molar-refractivity contribution in [2.75, 3.05) is 0 Å². The van der Waals surface area contributed by atoms with Crippen molar-refractivity contribution in [2.24, 2.45) is 11.8 Å². The van der Waals surface area contributed by atoms with Crippen LogP contribution in [0.2, 0.25) is 0 Å². The van der Waals surface area contributed by atoms with Crippen LogP contribution in [0.5, 0.6) is 0 Å². The average molecular weight is 467 g/mol. The van der Waals surface area contributed by atoms with Gasteiger partial charge in [0.1, 0.15) is 12.2 Å². The minimum Gasteiger partial charge on any atom is -0.462 e. The molecule has 2 fully saturated rings. The van der Waals surface area contributed by atoms with E-state index < -0.39 is 0 Å². The van der Waals surface area contributed by atoms with Gasteiger partial charge in [-0.15, -0.1) is 0 Å². The molecular formula is C27H50N2O4. The highest BCUT2D eigenvalue weighted by molar-refractivity contribution is 5.70. The third kappa shape index (κ3) is 9.94. The lowest BCUT2D eigenvalue weighted by molar-refractivity contribution is -0.153. The van der Waals surface area contributed by atoms with Gasteiger partial charge in [0.25, 0.3) is 0 Å². The molecule has 0 aliphatic carbocycles. The van der Waals surface area contributed by atoms with Gasteiger partial charge in [-0.1, -0.05) is 34.1 Å². The van der Waals surface area contributed by atoms with E-state index in [1.807, 2.05) is 0 Å². The van der Waals surface area contributed by atoms with Crippen LogP contribution in [-0.4, -0.2) is 47.3 Å². The molecule has 6 nitrogen and oxygen atoms in total. The highest BCUT2D eigenvalue weighted by Crippen LogP contribution is 2.29. The third-order valence-electron chi connectivity index (χ3n) is 7.13. The number of unbranched alkanes of at least 4 members (excludes halogenated alkanes) is 2. The van der Waals surface area contributed by atoms with E-state index >= 15 is 0 Å². The summed E-state index contributed by atoms with van der Waals surface area (Å²) in [6.07, 6.45) is 6.61. The van der Waals surface area contributed by atoms with Crippen molar-refractivity contribution in [1.29, 1.82) is 0 Å². The van der Waals surface area contributed by atoms with Gasteiger partial charge in [-0.3, -0.25) is 9.59 Å². The van der Waals surface area contributed by atoms with Crippen LogP contribution < -0.4 is 10.6 Å². The van der Waals surface area contributed by atoms with Crippen LogP contribution in [0.3, 0.4) is 0 Å². The molecule has 192 valence electrons. The Bertz CT molecular complexity index is 590. The van der Waals surface area contributed by atoms with Gasteiger partial charge in [0.15, 0.2) is 0 Å². The lowest BCUT2D eigenvalue weighted by Gasteiger charge is -2.42. The molecule has 2 N–H and O–H groups in total. The number of ether oxygens (including phenoxy) is 2. The quantitative estimate of drug-likeness (QED) is 0.343. The summed E-state index contributed by atoms with van der Waals surface area (Å²) in [5.41, 5.74) is -0.0332. The Morgan fingerprint density at radius 3 is 1.42 bits per heavy atom. The maximum atomic E-state index is 12.4. The summed E-state index contributed by atoms with van der Waals surface area (Å²) < 4.78 is 11.6. The molecule has 0 amide bonds. The zero-order valence-electron chi connectivity index (χ0n) is 22.5. The summed E-state index contributed by atoms with van der Waals surface area (Å²) >= 11 is 0. The Labute approximate surface area is 202 Å².